The van der Waals surface area contributed by atoms with Gasteiger partial charge in [-0.3, -0.25) is 0 Å². The summed E-state index contributed by atoms with van der Waals surface area (Å²) >= 11 is 8.61. The molecule has 0 saturated carbocycles. The van der Waals surface area contributed by atoms with Crippen molar-refractivity contribution in [1.29, 1.82) is 10.5 Å². The van der Waals surface area contributed by atoms with Crippen LogP contribution in [-0.4, -0.2) is 23.3 Å². The fourth-order valence-electron chi connectivity index (χ4n) is 3.66. The summed E-state index contributed by atoms with van der Waals surface area (Å²) in [7, 11) is 0. The van der Waals surface area contributed by atoms with E-state index < -0.39 is 11.9 Å². The Kier molecular flexibility index (Phi) is 8.68. The molecular weight excluding hydrogens is 488 g/mol. The number of esters is 1. The van der Waals surface area contributed by atoms with Crippen LogP contribution in [-0.2, 0) is 16.0 Å². The molecular formula is C25H23ClN4O2S2. The van der Waals surface area contributed by atoms with Gasteiger partial charge in [-0.1, -0.05) is 54.2 Å². The van der Waals surface area contributed by atoms with Gasteiger partial charge in [0.2, 0.25) is 0 Å². The van der Waals surface area contributed by atoms with Crippen LogP contribution >= 0.6 is 35.1 Å². The van der Waals surface area contributed by atoms with Gasteiger partial charge >= 0.3 is 5.97 Å². The number of thioether (sulfide) groups is 2. The summed E-state index contributed by atoms with van der Waals surface area (Å²) in [4.78, 5) is 18.5. The molecule has 2 heterocycles. The third kappa shape index (κ3) is 5.42. The smallest absolute Gasteiger partial charge is 0.335 e. The Morgan fingerprint density at radius 1 is 1.26 bits per heavy atom. The van der Waals surface area contributed by atoms with Crippen LogP contribution in [0.15, 0.2) is 56.4 Å². The first-order chi connectivity index (χ1) is 16.3. The van der Waals surface area contributed by atoms with Crippen molar-refractivity contribution in [3.8, 4) is 12.1 Å². The number of hydrogen-bond acceptors (Lipinski definition) is 8. The average Bonchev–Trinajstić information content (AvgIpc) is 2.83. The highest BCUT2D eigenvalue weighted by molar-refractivity contribution is 8.08. The molecule has 0 aliphatic carbocycles. The summed E-state index contributed by atoms with van der Waals surface area (Å²) in [6.07, 6.45) is 0.747. The molecule has 9 heteroatoms. The second-order valence-electron chi connectivity index (χ2n) is 7.39. The van der Waals surface area contributed by atoms with Gasteiger partial charge in [-0.05, 0) is 49.6 Å². The van der Waals surface area contributed by atoms with Crippen molar-refractivity contribution in [3.05, 3.63) is 78.8 Å². The van der Waals surface area contributed by atoms with Gasteiger partial charge in [0.15, 0.2) is 0 Å². The van der Waals surface area contributed by atoms with E-state index in [9.17, 15) is 15.3 Å². The van der Waals surface area contributed by atoms with Crippen molar-refractivity contribution in [2.24, 2.45) is 5.73 Å². The molecule has 34 heavy (non-hydrogen) atoms. The molecule has 1 aromatic heterocycles. The molecule has 0 radical (unpaired) electrons. The van der Waals surface area contributed by atoms with Gasteiger partial charge in [-0.2, -0.15) is 10.5 Å². The predicted molar refractivity (Wildman–Crippen MR) is 136 cm³/mol. The molecule has 1 atom stereocenters. The number of pyridine rings is 1. The first-order valence-electron chi connectivity index (χ1n) is 10.6. The molecule has 0 bridgehead atoms. The minimum Gasteiger partial charge on any atom is -0.463 e. The minimum atomic E-state index is -0.675. The maximum Gasteiger partial charge on any atom is 0.335 e. The standard InChI is InChI=1S/C25H23ClN4O2S2/c1-4-19-14(3)10-16(11-27)24(30-19)33-13-20-22(25(31)32-5-2)21(18(12-28)23(29)34-20)15-6-8-17(26)9-7-15/h6-10,21H,4-5,13,29H2,1-3H3/t21-/m1/s1. The number of nitrogens with two attached hydrogens (primary N) is 1. The molecule has 1 aliphatic heterocycles. The number of rotatable bonds is 7. The molecule has 0 fully saturated rings. The zero-order valence-corrected chi connectivity index (χ0v) is 21.4. The minimum absolute atomic E-state index is 0.194. The number of nitrogens with zero attached hydrogens (tertiary/aromatic N) is 3. The molecule has 0 saturated heterocycles. The van der Waals surface area contributed by atoms with Gasteiger partial charge in [0.1, 0.15) is 11.1 Å². The Balaban J connectivity index is 2.10. The summed E-state index contributed by atoms with van der Waals surface area (Å²) in [6.45, 7) is 5.88. The maximum absolute atomic E-state index is 13.1. The van der Waals surface area contributed by atoms with Crippen molar-refractivity contribution in [1.82, 2.24) is 4.98 Å². The van der Waals surface area contributed by atoms with E-state index in [1.165, 1.54) is 23.5 Å². The lowest BCUT2D eigenvalue weighted by Crippen LogP contribution is -2.23. The van der Waals surface area contributed by atoms with Crippen LogP contribution < -0.4 is 5.73 Å². The number of ether oxygens (including phenoxy) is 1. The van der Waals surface area contributed by atoms with E-state index in [0.29, 0.717) is 48.0 Å². The third-order valence-electron chi connectivity index (χ3n) is 5.27. The summed E-state index contributed by atoms with van der Waals surface area (Å²) in [5, 5.41) is 20.9. The number of allylic oxidation sites excluding steroid dienone is 1. The molecule has 6 nitrogen and oxygen atoms in total. The lowest BCUT2D eigenvalue weighted by Gasteiger charge is -2.28. The Morgan fingerprint density at radius 2 is 1.97 bits per heavy atom. The van der Waals surface area contributed by atoms with E-state index in [4.69, 9.17) is 22.1 Å². The zero-order chi connectivity index (χ0) is 24.8. The largest absolute Gasteiger partial charge is 0.463 e. The highest BCUT2D eigenvalue weighted by atomic mass is 35.5. The van der Waals surface area contributed by atoms with Gasteiger partial charge in [0.05, 0.1) is 40.3 Å². The van der Waals surface area contributed by atoms with Crippen molar-refractivity contribution >= 4 is 41.1 Å². The summed E-state index contributed by atoms with van der Waals surface area (Å²) in [5.74, 6) is -0.834. The van der Waals surface area contributed by atoms with E-state index in [2.05, 4.69) is 17.1 Å². The lowest BCUT2D eigenvalue weighted by atomic mass is 9.84. The fourth-order valence-corrected chi connectivity index (χ4v) is 5.91. The van der Waals surface area contributed by atoms with Gasteiger partial charge in [-0.25, -0.2) is 9.78 Å². The van der Waals surface area contributed by atoms with E-state index in [1.54, 1.807) is 31.2 Å². The zero-order valence-electron chi connectivity index (χ0n) is 19.0. The van der Waals surface area contributed by atoms with Crippen LogP contribution in [0.3, 0.4) is 0 Å². The Morgan fingerprint density at radius 3 is 2.56 bits per heavy atom. The fraction of sp³-hybridized carbons (Fsp3) is 0.280. The number of aryl methyl sites for hydroxylation is 2. The summed E-state index contributed by atoms with van der Waals surface area (Å²) in [5.41, 5.74) is 10.0. The van der Waals surface area contributed by atoms with Gasteiger partial charge in [-0.15, -0.1) is 0 Å². The topological polar surface area (TPSA) is 113 Å². The molecule has 174 valence electrons. The van der Waals surface area contributed by atoms with Crippen LogP contribution in [0.5, 0.6) is 0 Å². The Bertz CT molecular complexity index is 1260. The third-order valence-corrected chi connectivity index (χ3v) is 7.78. The normalized spacial score (nSPS) is 15.6. The van der Waals surface area contributed by atoms with Crippen LogP contribution in [0.4, 0.5) is 0 Å². The number of carbonyl (C=O) groups excluding carboxylic acids is 1. The number of aromatic nitrogens is 1. The summed E-state index contributed by atoms with van der Waals surface area (Å²) in [6, 6.07) is 13.2. The average molecular weight is 511 g/mol. The number of nitriles is 2. The lowest BCUT2D eigenvalue weighted by molar-refractivity contribution is -0.138. The molecule has 1 aromatic carbocycles. The van der Waals surface area contributed by atoms with E-state index in [-0.39, 0.29) is 6.61 Å². The highest BCUT2D eigenvalue weighted by Gasteiger charge is 2.36. The van der Waals surface area contributed by atoms with Crippen molar-refractivity contribution in [2.75, 3.05) is 12.4 Å². The first-order valence-corrected chi connectivity index (χ1v) is 12.8. The van der Waals surface area contributed by atoms with Gasteiger partial charge in [0, 0.05) is 21.4 Å². The molecule has 1 aliphatic rings. The van der Waals surface area contributed by atoms with Crippen molar-refractivity contribution < 1.29 is 9.53 Å². The first kappa shape index (κ1) is 25.7. The SMILES string of the molecule is CCOC(=O)C1=C(CSc2nc(CC)c(C)cc2C#N)SC(N)=C(C#N)[C@H]1c1ccc(Cl)cc1. The van der Waals surface area contributed by atoms with Crippen LogP contribution in [0.1, 0.15) is 42.1 Å². The highest BCUT2D eigenvalue weighted by Crippen LogP contribution is 2.47. The molecule has 0 amide bonds. The van der Waals surface area contributed by atoms with E-state index in [1.807, 2.05) is 19.9 Å². The Hall–Kier alpha value is -2.91. The monoisotopic (exact) mass is 510 g/mol. The second-order valence-corrected chi connectivity index (χ2v) is 9.93. The number of halogens is 1. The van der Waals surface area contributed by atoms with Crippen molar-refractivity contribution in [3.63, 3.8) is 0 Å². The number of hydrogen-bond donors (Lipinski definition) is 1. The molecule has 0 spiro atoms. The van der Waals surface area contributed by atoms with Crippen LogP contribution in [0.25, 0.3) is 0 Å². The van der Waals surface area contributed by atoms with Crippen LogP contribution in [0, 0.1) is 29.6 Å². The number of carbonyl (C=O) groups is 1. The molecule has 3 rings (SSSR count). The van der Waals surface area contributed by atoms with Crippen LogP contribution in [0.2, 0.25) is 5.02 Å². The summed E-state index contributed by atoms with van der Waals surface area (Å²) < 4.78 is 5.38. The van der Waals surface area contributed by atoms with E-state index >= 15 is 0 Å². The van der Waals surface area contributed by atoms with Crippen molar-refractivity contribution in [2.45, 2.75) is 38.1 Å². The maximum atomic E-state index is 13.1. The van der Waals surface area contributed by atoms with E-state index in [0.717, 1.165) is 17.7 Å². The predicted octanol–water partition coefficient (Wildman–Crippen LogP) is 5.61. The van der Waals surface area contributed by atoms with Gasteiger partial charge < -0.3 is 10.5 Å². The number of benzene rings is 1. The van der Waals surface area contributed by atoms with Gasteiger partial charge in [0.25, 0.3) is 0 Å². The molecule has 0 unspecified atom stereocenters. The molecule has 2 N–H and O–H groups in total. The molecule has 2 aromatic rings. The Labute approximate surface area is 212 Å². The second kappa shape index (κ2) is 11.5. The quantitative estimate of drug-likeness (QED) is 0.377.